The van der Waals surface area contributed by atoms with E-state index in [1.54, 1.807) is 6.07 Å². The van der Waals surface area contributed by atoms with Gasteiger partial charge in [-0.1, -0.05) is 12.1 Å². The van der Waals surface area contributed by atoms with Crippen LogP contribution >= 0.6 is 11.6 Å². The van der Waals surface area contributed by atoms with E-state index in [9.17, 15) is 4.39 Å². The molecule has 1 saturated heterocycles. The molecule has 1 aromatic rings. The van der Waals surface area contributed by atoms with Crippen LogP contribution < -0.4 is 0 Å². The van der Waals surface area contributed by atoms with Crippen molar-refractivity contribution in [3.05, 3.63) is 35.6 Å². The second-order valence-electron chi connectivity index (χ2n) is 3.54. The van der Waals surface area contributed by atoms with Crippen molar-refractivity contribution >= 4 is 11.6 Å². The number of alkyl halides is 1. The monoisotopic (exact) mass is 214 g/mol. The van der Waals surface area contributed by atoms with Crippen LogP contribution in [0.4, 0.5) is 4.39 Å². The lowest BCUT2D eigenvalue weighted by Crippen LogP contribution is -2.19. The molecule has 0 aliphatic carbocycles. The Hall–Kier alpha value is -0.600. The second kappa shape index (κ2) is 4.28. The van der Waals surface area contributed by atoms with Gasteiger partial charge < -0.3 is 4.74 Å². The van der Waals surface area contributed by atoms with Crippen LogP contribution in [0.3, 0.4) is 0 Å². The predicted octanol–water partition coefficient (Wildman–Crippen LogP) is 3.28. The summed E-state index contributed by atoms with van der Waals surface area (Å²) in [5.41, 5.74) is 0.885. The molecule has 2 unspecified atom stereocenters. The summed E-state index contributed by atoms with van der Waals surface area (Å²) in [4.78, 5) is 0. The van der Waals surface area contributed by atoms with Gasteiger partial charge in [0, 0.05) is 12.0 Å². The highest BCUT2D eigenvalue weighted by Crippen LogP contribution is 2.30. The highest BCUT2D eigenvalue weighted by molar-refractivity contribution is 6.20. The summed E-state index contributed by atoms with van der Waals surface area (Å²) in [6.45, 7) is 0.662. The zero-order chi connectivity index (χ0) is 9.97. The molecule has 1 fully saturated rings. The van der Waals surface area contributed by atoms with E-state index in [0.717, 1.165) is 18.4 Å². The molecule has 76 valence electrons. The molecule has 3 heteroatoms. The highest BCUT2D eigenvalue weighted by atomic mass is 35.5. The maximum atomic E-state index is 12.9. The fraction of sp³-hybridized carbons (Fsp3) is 0.455. The topological polar surface area (TPSA) is 9.23 Å². The highest BCUT2D eigenvalue weighted by Gasteiger charge is 2.22. The Morgan fingerprint density at radius 1 is 1.43 bits per heavy atom. The van der Waals surface area contributed by atoms with Crippen molar-refractivity contribution in [2.75, 3.05) is 6.61 Å². The fourth-order valence-electron chi connectivity index (χ4n) is 1.70. The number of hydrogen-bond acceptors (Lipinski definition) is 1. The third kappa shape index (κ3) is 2.25. The van der Waals surface area contributed by atoms with Crippen molar-refractivity contribution in [3.8, 4) is 0 Å². The average molecular weight is 215 g/mol. The lowest BCUT2D eigenvalue weighted by atomic mass is 10.0. The molecule has 2 atom stereocenters. The lowest BCUT2D eigenvalue weighted by molar-refractivity contribution is 0.0167. The van der Waals surface area contributed by atoms with Crippen LogP contribution in [-0.2, 0) is 4.74 Å². The molecule has 0 amide bonds. The Morgan fingerprint density at radius 2 is 2.29 bits per heavy atom. The number of hydrogen-bond donors (Lipinski definition) is 0. The smallest absolute Gasteiger partial charge is 0.123 e. The number of rotatable bonds is 1. The maximum Gasteiger partial charge on any atom is 0.123 e. The van der Waals surface area contributed by atoms with Gasteiger partial charge in [0.2, 0.25) is 0 Å². The van der Waals surface area contributed by atoms with Crippen LogP contribution in [0.5, 0.6) is 0 Å². The van der Waals surface area contributed by atoms with Crippen LogP contribution in [0.1, 0.15) is 24.5 Å². The molecule has 0 bridgehead atoms. The number of halogens is 2. The Labute approximate surface area is 87.8 Å². The minimum atomic E-state index is -0.220. The van der Waals surface area contributed by atoms with Crippen LogP contribution in [0.25, 0.3) is 0 Å². The van der Waals surface area contributed by atoms with Gasteiger partial charge in [-0.25, -0.2) is 4.39 Å². The first kappa shape index (κ1) is 9.94. The van der Waals surface area contributed by atoms with Crippen molar-refractivity contribution in [1.82, 2.24) is 0 Å². The minimum Gasteiger partial charge on any atom is -0.373 e. The van der Waals surface area contributed by atoms with Gasteiger partial charge in [-0.15, -0.1) is 11.6 Å². The van der Waals surface area contributed by atoms with E-state index in [-0.39, 0.29) is 17.3 Å². The summed E-state index contributed by atoms with van der Waals surface area (Å²) in [7, 11) is 0. The van der Waals surface area contributed by atoms with E-state index in [1.807, 2.05) is 6.07 Å². The lowest BCUT2D eigenvalue weighted by Gasteiger charge is -2.26. The number of ether oxygens (including phenoxy) is 1. The average Bonchev–Trinajstić information content (AvgIpc) is 2.18. The van der Waals surface area contributed by atoms with E-state index in [1.165, 1.54) is 12.1 Å². The molecule has 14 heavy (non-hydrogen) atoms. The molecule has 2 rings (SSSR count). The molecule has 0 radical (unpaired) electrons. The molecular weight excluding hydrogens is 203 g/mol. The summed E-state index contributed by atoms with van der Waals surface area (Å²) in [5, 5.41) is 0.150. The molecule has 0 spiro atoms. The van der Waals surface area contributed by atoms with Gasteiger partial charge in [-0.3, -0.25) is 0 Å². The largest absolute Gasteiger partial charge is 0.373 e. The predicted molar refractivity (Wildman–Crippen MR) is 54.0 cm³/mol. The molecule has 0 aromatic heterocycles. The van der Waals surface area contributed by atoms with Crippen LogP contribution in [0.2, 0.25) is 0 Å². The quantitative estimate of drug-likeness (QED) is 0.652. The van der Waals surface area contributed by atoms with Crippen molar-refractivity contribution in [2.45, 2.75) is 24.3 Å². The zero-order valence-electron chi connectivity index (χ0n) is 7.75. The summed E-state index contributed by atoms with van der Waals surface area (Å²) in [5.74, 6) is -0.220. The summed E-state index contributed by atoms with van der Waals surface area (Å²) in [6.07, 6.45) is 1.61. The SMILES string of the molecule is Fc1cccc(C2CC(Cl)CCO2)c1. The fourth-order valence-corrected chi connectivity index (χ4v) is 1.95. The maximum absolute atomic E-state index is 12.9. The molecule has 1 aliphatic rings. The van der Waals surface area contributed by atoms with E-state index in [0.29, 0.717) is 6.61 Å². The van der Waals surface area contributed by atoms with E-state index < -0.39 is 0 Å². The van der Waals surface area contributed by atoms with Gasteiger partial charge in [0.15, 0.2) is 0 Å². The Bertz CT molecular complexity index is 316. The van der Waals surface area contributed by atoms with Crippen molar-refractivity contribution < 1.29 is 9.13 Å². The van der Waals surface area contributed by atoms with Crippen molar-refractivity contribution in [2.24, 2.45) is 0 Å². The summed E-state index contributed by atoms with van der Waals surface area (Å²) in [6, 6.07) is 6.53. The molecule has 0 N–H and O–H groups in total. The molecule has 1 aromatic carbocycles. The van der Waals surface area contributed by atoms with Crippen molar-refractivity contribution in [3.63, 3.8) is 0 Å². The molecule has 1 nitrogen and oxygen atoms in total. The first-order chi connectivity index (χ1) is 6.75. The molecule has 1 aliphatic heterocycles. The van der Waals surface area contributed by atoms with Gasteiger partial charge in [0.05, 0.1) is 6.10 Å². The van der Waals surface area contributed by atoms with Gasteiger partial charge in [-0.2, -0.15) is 0 Å². The standard InChI is InChI=1S/C11H12ClFO/c12-9-4-5-14-11(7-9)8-2-1-3-10(13)6-8/h1-3,6,9,11H,4-5,7H2. The Balaban J connectivity index is 2.14. The molecule has 1 heterocycles. The van der Waals surface area contributed by atoms with Crippen LogP contribution in [0.15, 0.2) is 24.3 Å². The summed E-state index contributed by atoms with van der Waals surface area (Å²) >= 11 is 6.03. The van der Waals surface area contributed by atoms with Crippen LogP contribution in [0, 0.1) is 5.82 Å². The third-order valence-corrected chi connectivity index (χ3v) is 2.84. The molecular formula is C11H12ClFO. The Morgan fingerprint density at radius 3 is 3.00 bits per heavy atom. The number of benzene rings is 1. The second-order valence-corrected chi connectivity index (χ2v) is 4.15. The molecule has 0 saturated carbocycles. The Kier molecular flexibility index (Phi) is 3.04. The normalized spacial score (nSPS) is 27.6. The first-order valence-electron chi connectivity index (χ1n) is 4.77. The van der Waals surface area contributed by atoms with E-state index in [2.05, 4.69) is 0 Å². The van der Waals surface area contributed by atoms with Gasteiger partial charge in [0.25, 0.3) is 0 Å². The first-order valence-corrected chi connectivity index (χ1v) is 5.20. The minimum absolute atomic E-state index is 0.0399. The van der Waals surface area contributed by atoms with E-state index >= 15 is 0 Å². The van der Waals surface area contributed by atoms with Gasteiger partial charge in [-0.05, 0) is 30.5 Å². The third-order valence-electron chi connectivity index (χ3n) is 2.44. The van der Waals surface area contributed by atoms with Gasteiger partial charge in [0.1, 0.15) is 5.82 Å². The zero-order valence-corrected chi connectivity index (χ0v) is 8.51. The van der Waals surface area contributed by atoms with Crippen molar-refractivity contribution in [1.29, 1.82) is 0 Å². The van der Waals surface area contributed by atoms with Gasteiger partial charge >= 0.3 is 0 Å². The van der Waals surface area contributed by atoms with E-state index in [4.69, 9.17) is 16.3 Å². The van der Waals surface area contributed by atoms with Crippen LogP contribution in [-0.4, -0.2) is 12.0 Å². The summed E-state index contributed by atoms with van der Waals surface area (Å²) < 4.78 is 18.5.